The molecular weight excluding hydrogens is 424 g/mol. The first-order valence-corrected chi connectivity index (χ1v) is 11.0. The summed E-state index contributed by atoms with van der Waals surface area (Å²) in [6.07, 6.45) is -1.07. The molecule has 0 aromatic heterocycles. The summed E-state index contributed by atoms with van der Waals surface area (Å²) < 4.78 is 10.7. The SMILES string of the molecule is COC1CN(C(=O)C[C@@H](C)NC(=O)OCC2c3ccccc3-c3ccccc32)CC1C(=O)O. The molecule has 1 fully saturated rings. The summed E-state index contributed by atoms with van der Waals surface area (Å²) in [7, 11) is 1.44. The topological polar surface area (TPSA) is 105 Å². The fraction of sp³-hybridized carbons (Fsp3) is 0.400. The van der Waals surface area contributed by atoms with Gasteiger partial charge in [0.1, 0.15) is 12.5 Å². The van der Waals surface area contributed by atoms with Crippen molar-refractivity contribution in [1.29, 1.82) is 0 Å². The fourth-order valence-corrected chi connectivity index (χ4v) is 4.74. The summed E-state index contributed by atoms with van der Waals surface area (Å²) in [6, 6.07) is 15.7. The molecule has 1 heterocycles. The van der Waals surface area contributed by atoms with E-state index in [1.807, 2.05) is 24.3 Å². The molecule has 174 valence electrons. The van der Waals surface area contributed by atoms with Gasteiger partial charge in [-0.2, -0.15) is 0 Å². The summed E-state index contributed by atoms with van der Waals surface area (Å²) in [5, 5.41) is 12.0. The number of carboxylic acids is 1. The molecule has 2 aromatic carbocycles. The third kappa shape index (κ3) is 4.71. The number of carbonyl (C=O) groups excluding carboxylic acids is 2. The molecule has 0 bridgehead atoms. The molecule has 8 nitrogen and oxygen atoms in total. The van der Waals surface area contributed by atoms with Crippen LogP contribution >= 0.6 is 0 Å². The van der Waals surface area contributed by atoms with Gasteiger partial charge in [0.2, 0.25) is 5.91 Å². The first kappa shape index (κ1) is 22.8. The molecule has 33 heavy (non-hydrogen) atoms. The molecule has 2 aliphatic rings. The van der Waals surface area contributed by atoms with Crippen molar-refractivity contribution in [1.82, 2.24) is 10.2 Å². The molecule has 1 aliphatic heterocycles. The van der Waals surface area contributed by atoms with Gasteiger partial charge in [0.25, 0.3) is 0 Å². The van der Waals surface area contributed by atoms with Crippen LogP contribution in [0, 0.1) is 5.92 Å². The minimum absolute atomic E-state index is 0.0383. The predicted molar refractivity (Wildman–Crippen MR) is 121 cm³/mol. The van der Waals surface area contributed by atoms with Crippen molar-refractivity contribution in [2.75, 3.05) is 26.8 Å². The maximum absolute atomic E-state index is 12.6. The van der Waals surface area contributed by atoms with Crippen LogP contribution in [0.2, 0.25) is 0 Å². The van der Waals surface area contributed by atoms with Gasteiger partial charge in [-0.1, -0.05) is 48.5 Å². The van der Waals surface area contributed by atoms with E-state index < -0.39 is 30.1 Å². The van der Waals surface area contributed by atoms with Gasteiger partial charge in [0.05, 0.1) is 6.10 Å². The monoisotopic (exact) mass is 452 g/mol. The van der Waals surface area contributed by atoms with Gasteiger partial charge in [0, 0.05) is 38.6 Å². The average molecular weight is 453 g/mol. The summed E-state index contributed by atoms with van der Waals surface area (Å²) in [5.41, 5.74) is 4.57. The van der Waals surface area contributed by atoms with Crippen LogP contribution in [0.4, 0.5) is 4.79 Å². The highest BCUT2D eigenvalue weighted by atomic mass is 16.5. The van der Waals surface area contributed by atoms with E-state index in [2.05, 4.69) is 29.6 Å². The number of rotatable bonds is 7. The Morgan fingerprint density at radius 1 is 1.06 bits per heavy atom. The summed E-state index contributed by atoms with van der Waals surface area (Å²) in [4.78, 5) is 37.8. The number of hydrogen-bond donors (Lipinski definition) is 2. The third-order valence-corrected chi connectivity index (χ3v) is 6.43. The number of nitrogens with one attached hydrogen (secondary N) is 1. The van der Waals surface area contributed by atoms with Crippen molar-refractivity contribution in [3.63, 3.8) is 0 Å². The van der Waals surface area contributed by atoms with E-state index in [1.54, 1.807) is 6.92 Å². The van der Waals surface area contributed by atoms with E-state index >= 15 is 0 Å². The van der Waals surface area contributed by atoms with Gasteiger partial charge in [0.15, 0.2) is 0 Å². The summed E-state index contributed by atoms with van der Waals surface area (Å²) in [6.45, 7) is 2.24. The first-order valence-electron chi connectivity index (χ1n) is 11.0. The Labute approximate surface area is 192 Å². The van der Waals surface area contributed by atoms with E-state index in [0.717, 1.165) is 22.3 Å². The molecule has 0 spiro atoms. The van der Waals surface area contributed by atoms with Crippen LogP contribution in [0.5, 0.6) is 0 Å². The minimum atomic E-state index is -0.984. The van der Waals surface area contributed by atoms with Gasteiger partial charge < -0.3 is 24.8 Å². The maximum Gasteiger partial charge on any atom is 0.407 e. The fourth-order valence-electron chi connectivity index (χ4n) is 4.74. The number of benzene rings is 2. The van der Waals surface area contributed by atoms with E-state index in [1.165, 1.54) is 12.0 Å². The lowest BCUT2D eigenvalue weighted by Crippen LogP contribution is -2.39. The van der Waals surface area contributed by atoms with E-state index in [0.29, 0.717) is 0 Å². The zero-order valence-corrected chi connectivity index (χ0v) is 18.7. The van der Waals surface area contributed by atoms with Crippen molar-refractivity contribution in [2.24, 2.45) is 5.92 Å². The lowest BCUT2D eigenvalue weighted by atomic mass is 9.98. The van der Waals surface area contributed by atoms with Crippen LogP contribution in [-0.4, -0.2) is 66.9 Å². The van der Waals surface area contributed by atoms with Crippen LogP contribution in [0.1, 0.15) is 30.4 Å². The normalized spacial score (nSPS) is 20.1. The third-order valence-electron chi connectivity index (χ3n) is 6.43. The zero-order chi connectivity index (χ0) is 23.5. The van der Waals surface area contributed by atoms with E-state index in [-0.39, 0.29) is 37.9 Å². The largest absolute Gasteiger partial charge is 0.481 e. The highest BCUT2D eigenvalue weighted by Crippen LogP contribution is 2.44. The lowest BCUT2D eigenvalue weighted by Gasteiger charge is -2.20. The summed E-state index contributed by atoms with van der Waals surface area (Å²) >= 11 is 0. The Bertz CT molecular complexity index is 1010. The average Bonchev–Trinajstić information content (AvgIpc) is 3.37. The number of carbonyl (C=O) groups is 3. The van der Waals surface area contributed by atoms with Crippen LogP contribution in [0.15, 0.2) is 48.5 Å². The molecule has 2 aromatic rings. The molecular formula is C25H28N2O6. The smallest absolute Gasteiger partial charge is 0.407 e. The van der Waals surface area contributed by atoms with Gasteiger partial charge >= 0.3 is 12.1 Å². The predicted octanol–water partition coefficient (Wildman–Crippen LogP) is 2.86. The molecule has 3 atom stereocenters. The van der Waals surface area contributed by atoms with Crippen molar-refractivity contribution in [3.8, 4) is 11.1 Å². The van der Waals surface area contributed by atoms with Crippen molar-refractivity contribution >= 4 is 18.0 Å². The number of carboxylic acid groups (broad SMARTS) is 1. The Kier molecular flexibility index (Phi) is 6.65. The van der Waals surface area contributed by atoms with Crippen molar-refractivity contribution < 1.29 is 29.0 Å². The first-order chi connectivity index (χ1) is 15.9. The summed E-state index contributed by atoms with van der Waals surface area (Å²) in [5.74, 6) is -2.00. The molecule has 2 N–H and O–H groups in total. The van der Waals surface area contributed by atoms with Crippen LogP contribution in [0.3, 0.4) is 0 Å². The number of hydrogen-bond acceptors (Lipinski definition) is 5. The standard InChI is InChI=1S/C25H28N2O6/c1-15(11-23(28)27-12-20(24(29)30)22(13-27)32-2)26-25(31)33-14-21-18-9-5-3-7-16(18)17-8-4-6-10-19(17)21/h3-10,15,20-22H,11-14H2,1-2H3,(H,26,31)(H,29,30)/t15-,20?,22?/m1/s1. The molecule has 4 rings (SSSR count). The number of likely N-dealkylation sites (tertiary alicyclic amines) is 1. The number of aliphatic carboxylic acids is 1. The van der Waals surface area contributed by atoms with Gasteiger partial charge in [-0.05, 0) is 29.2 Å². The van der Waals surface area contributed by atoms with Gasteiger partial charge in [-0.25, -0.2) is 4.79 Å². The molecule has 0 saturated carbocycles. The van der Waals surface area contributed by atoms with E-state index in [9.17, 15) is 19.5 Å². The second-order valence-corrected chi connectivity index (χ2v) is 8.59. The number of alkyl carbamates (subject to hydrolysis) is 1. The molecule has 0 radical (unpaired) electrons. The van der Waals surface area contributed by atoms with Crippen LogP contribution in [-0.2, 0) is 19.1 Å². The Hall–Kier alpha value is -3.39. The number of methoxy groups -OCH3 is 1. The number of amides is 2. The zero-order valence-electron chi connectivity index (χ0n) is 18.7. The Morgan fingerprint density at radius 2 is 1.67 bits per heavy atom. The minimum Gasteiger partial charge on any atom is -0.481 e. The molecule has 1 saturated heterocycles. The van der Waals surface area contributed by atoms with Crippen molar-refractivity contribution in [3.05, 3.63) is 59.7 Å². The molecule has 1 aliphatic carbocycles. The number of nitrogens with zero attached hydrogens (tertiary/aromatic N) is 1. The molecule has 2 amide bonds. The van der Waals surface area contributed by atoms with Crippen LogP contribution in [0.25, 0.3) is 11.1 Å². The number of fused-ring (bicyclic) bond motifs is 3. The van der Waals surface area contributed by atoms with Crippen LogP contribution < -0.4 is 5.32 Å². The Balaban J connectivity index is 1.30. The second kappa shape index (κ2) is 9.62. The quantitative estimate of drug-likeness (QED) is 0.669. The van der Waals surface area contributed by atoms with Gasteiger partial charge in [-0.3, -0.25) is 9.59 Å². The highest BCUT2D eigenvalue weighted by molar-refractivity contribution is 5.81. The lowest BCUT2D eigenvalue weighted by molar-refractivity contribution is -0.144. The molecule has 2 unspecified atom stereocenters. The van der Waals surface area contributed by atoms with E-state index in [4.69, 9.17) is 9.47 Å². The Morgan fingerprint density at radius 3 is 2.21 bits per heavy atom. The van der Waals surface area contributed by atoms with Crippen molar-refractivity contribution in [2.45, 2.75) is 31.4 Å². The number of ether oxygens (including phenoxy) is 2. The van der Waals surface area contributed by atoms with Gasteiger partial charge in [-0.15, -0.1) is 0 Å². The highest BCUT2D eigenvalue weighted by Gasteiger charge is 2.40. The second-order valence-electron chi connectivity index (χ2n) is 8.59. The molecule has 8 heteroatoms. The maximum atomic E-state index is 12.6.